The monoisotopic (exact) mass is 346 g/mol. The van der Waals surface area contributed by atoms with Crippen LogP contribution >= 0.6 is 0 Å². The summed E-state index contributed by atoms with van der Waals surface area (Å²) < 4.78 is 6.19. The molecule has 0 aliphatic carbocycles. The van der Waals surface area contributed by atoms with Crippen molar-refractivity contribution in [3.63, 3.8) is 0 Å². The van der Waals surface area contributed by atoms with Crippen LogP contribution in [0.2, 0.25) is 0 Å². The van der Waals surface area contributed by atoms with E-state index < -0.39 is 11.8 Å². The van der Waals surface area contributed by atoms with Gasteiger partial charge in [-0.25, -0.2) is 4.79 Å². The third-order valence-electron chi connectivity index (χ3n) is 5.40. The van der Waals surface area contributed by atoms with Crippen LogP contribution in [0.5, 0.6) is 0 Å². The third kappa shape index (κ3) is 3.60. The Morgan fingerprint density at radius 2 is 1.96 bits per heavy atom. The van der Waals surface area contributed by atoms with E-state index in [4.69, 9.17) is 10.5 Å². The minimum Gasteiger partial charge on any atom is -0.369 e. The number of likely N-dealkylation sites (tertiary alicyclic amines) is 1. The van der Waals surface area contributed by atoms with E-state index in [0.29, 0.717) is 13.2 Å². The van der Waals surface area contributed by atoms with Gasteiger partial charge in [0.15, 0.2) is 5.72 Å². The summed E-state index contributed by atoms with van der Waals surface area (Å²) in [5.41, 5.74) is 7.19. The Morgan fingerprint density at radius 3 is 2.64 bits per heavy atom. The third-order valence-corrected chi connectivity index (χ3v) is 5.40. The molecule has 2 fully saturated rings. The van der Waals surface area contributed by atoms with Crippen molar-refractivity contribution in [1.29, 1.82) is 0 Å². The molecule has 2 N–H and O–H groups in total. The lowest BCUT2D eigenvalue weighted by molar-refractivity contribution is -0.157. The van der Waals surface area contributed by atoms with Gasteiger partial charge >= 0.3 is 6.03 Å². The van der Waals surface area contributed by atoms with Crippen molar-refractivity contribution in [2.45, 2.75) is 31.9 Å². The van der Waals surface area contributed by atoms with Crippen molar-refractivity contribution in [2.75, 3.05) is 51.3 Å². The molecule has 1 unspecified atom stereocenters. The average molecular weight is 346 g/mol. The first kappa shape index (κ1) is 18.0. The number of hydrogen-bond donors (Lipinski definition) is 1. The van der Waals surface area contributed by atoms with Crippen LogP contribution in [0.3, 0.4) is 0 Å². The van der Waals surface area contributed by atoms with E-state index in [-0.39, 0.29) is 0 Å². The molecule has 1 aromatic rings. The molecule has 6 nitrogen and oxygen atoms in total. The Bertz CT molecular complexity index is 597. The predicted octanol–water partition coefficient (Wildman–Crippen LogP) is 2.19. The fourth-order valence-electron chi connectivity index (χ4n) is 4.02. The summed E-state index contributed by atoms with van der Waals surface area (Å²) in [6.45, 7) is 7.32. The number of piperidine rings is 1. The van der Waals surface area contributed by atoms with Crippen molar-refractivity contribution in [3.8, 4) is 0 Å². The summed E-state index contributed by atoms with van der Waals surface area (Å²) in [6.07, 6.45) is 2.79. The zero-order valence-corrected chi connectivity index (χ0v) is 15.4. The summed E-state index contributed by atoms with van der Waals surface area (Å²) in [5.74, 6) is 0. The predicted molar refractivity (Wildman–Crippen MR) is 99.6 cm³/mol. The molecular weight excluding hydrogens is 316 g/mol. The van der Waals surface area contributed by atoms with Gasteiger partial charge in [0.1, 0.15) is 0 Å². The van der Waals surface area contributed by atoms with E-state index >= 15 is 0 Å². The van der Waals surface area contributed by atoms with Crippen molar-refractivity contribution < 1.29 is 9.53 Å². The van der Waals surface area contributed by atoms with E-state index in [1.807, 2.05) is 6.92 Å². The standard InChI is InChI=1S/C19H30N4O2/c1-3-25-19(9-4-5-10-23(19)18(20)24)16-7-6-8-17(15-16)22-13-11-21(2)12-14-22/h6-8,15H,3-5,9-14H2,1-2H3,(H2,20,24). The van der Waals surface area contributed by atoms with Crippen molar-refractivity contribution >= 4 is 11.7 Å². The van der Waals surface area contributed by atoms with Crippen LogP contribution in [0, 0.1) is 0 Å². The minimum atomic E-state index is -0.735. The highest BCUT2D eigenvalue weighted by Gasteiger charge is 2.43. The van der Waals surface area contributed by atoms with Gasteiger partial charge in [-0.3, -0.25) is 4.90 Å². The SMILES string of the molecule is CCOC1(c2cccc(N3CCN(C)CC3)c2)CCCCN1C(N)=O. The first-order chi connectivity index (χ1) is 12.1. The molecule has 138 valence electrons. The topological polar surface area (TPSA) is 62.0 Å². The molecule has 25 heavy (non-hydrogen) atoms. The largest absolute Gasteiger partial charge is 0.369 e. The van der Waals surface area contributed by atoms with Crippen LogP contribution in [-0.2, 0) is 10.5 Å². The minimum absolute atomic E-state index is 0.404. The number of hydrogen-bond acceptors (Lipinski definition) is 4. The van der Waals surface area contributed by atoms with Gasteiger partial charge in [0.2, 0.25) is 0 Å². The smallest absolute Gasteiger partial charge is 0.317 e. The summed E-state index contributed by atoms with van der Waals surface area (Å²) in [6, 6.07) is 8.06. The number of ether oxygens (including phenoxy) is 1. The molecule has 3 rings (SSSR count). The number of nitrogens with zero attached hydrogens (tertiary/aromatic N) is 3. The molecule has 0 spiro atoms. The molecule has 2 saturated heterocycles. The quantitative estimate of drug-likeness (QED) is 0.908. The van der Waals surface area contributed by atoms with Gasteiger partial charge in [-0.2, -0.15) is 0 Å². The summed E-state index contributed by atoms with van der Waals surface area (Å²) in [4.78, 5) is 18.6. The maximum absolute atomic E-state index is 12.1. The number of primary amides is 1. The number of anilines is 1. The van der Waals surface area contributed by atoms with Gasteiger partial charge in [0.05, 0.1) is 0 Å². The lowest BCUT2D eigenvalue weighted by atomic mass is 9.90. The molecule has 1 aromatic carbocycles. The number of urea groups is 1. The zero-order valence-electron chi connectivity index (χ0n) is 15.4. The number of rotatable bonds is 4. The maximum atomic E-state index is 12.1. The Labute approximate surface area is 150 Å². The number of carbonyl (C=O) groups excluding carboxylic acids is 1. The highest BCUT2D eigenvalue weighted by Crippen LogP contribution is 2.40. The van der Waals surface area contributed by atoms with Crippen molar-refractivity contribution in [2.24, 2.45) is 5.73 Å². The summed E-state index contributed by atoms with van der Waals surface area (Å²) in [7, 11) is 2.16. The number of likely N-dealkylation sites (N-methyl/N-ethyl adjacent to an activating group) is 1. The van der Waals surface area contributed by atoms with Gasteiger partial charge in [0, 0.05) is 57.0 Å². The Balaban J connectivity index is 1.94. The van der Waals surface area contributed by atoms with Crippen LogP contribution < -0.4 is 10.6 Å². The number of benzene rings is 1. The molecule has 0 saturated carbocycles. The molecule has 2 heterocycles. The lowest BCUT2D eigenvalue weighted by Gasteiger charge is -2.46. The highest BCUT2D eigenvalue weighted by molar-refractivity contribution is 5.73. The molecule has 0 radical (unpaired) electrons. The Morgan fingerprint density at radius 1 is 1.20 bits per heavy atom. The van der Waals surface area contributed by atoms with Gasteiger partial charge < -0.3 is 20.3 Å². The van der Waals surface area contributed by atoms with Crippen LogP contribution in [0.4, 0.5) is 10.5 Å². The van der Waals surface area contributed by atoms with Gasteiger partial charge in [-0.05, 0) is 38.9 Å². The second-order valence-electron chi connectivity index (χ2n) is 7.01. The van der Waals surface area contributed by atoms with Crippen molar-refractivity contribution in [1.82, 2.24) is 9.80 Å². The van der Waals surface area contributed by atoms with E-state index in [0.717, 1.165) is 51.0 Å². The summed E-state index contributed by atoms with van der Waals surface area (Å²) >= 11 is 0. The molecule has 6 heteroatoms. The molecule has 0 bridgehead atoms. The first-order valence-corrected chi connectivity index (χ1v) is 9.32. The van der Waals surface area contributed by atoms with Crippen LogP contribution in [0.1, 0.15) is 31.7 Å². The fraction of sp³-hybridized carbons (Fsp3) is 0.632. The lowest BCUT2D eigenvalue weighted by Crippen LogP contribution is -2.56. The molecule has 0 aromatic heterocycles. The van der Waals surface area contributed by atoms with Gasteiger partial charge in [0.25, 0.3) is 0 Å². The van der Waals surface area contributed by atoms with Crippen LogP contribution in [0.25, 0.3) is 0 Å². The van der Waals surface area contributed by atoms with E-state index in [1.54, 1.807) is 4.90 Å². The number of amides is 2. The molecular formula is C19H30N4O2. The molecule has 2 amide bonds. The normalized spacial score (nSPS) is 25.2. The summed E-state index contributed by atoms with van der Waals surface area (Å²) in [5, 5.41) is 0. The molecule has 2 aliphatic rings. The highest BCUT2D eigenvalue weighted by atomic mass is 16.5. The Hall–Kier alpha value is -1.79. The zero-order chi connectivity index (χ0) is 17.9. The first-order valence-electron chi connectivity index (χ1n) is 9.32. The van der Waals surface area contributed by atoms with E-state index in [2.05, 4.69) is 41.1 Å². The number of piperazine rings is 1. The molecule has 2 aliphatic heterocycles. The maximum Gasteiger partial charge on any atom is 0.317 e. The Kier molecular flexibility index (Phi) is 5.49. The van der Waals surface area contributed by atoms with E-state index in [9.17, 15) is 4.79 Å². The second kappa shape index (κ2) is 7.62. The van der Waals surface area contributed by atoms with Gasteiger partial charge in [-0.15, -0.1) is 0 Å². The van der Waals surface area contributed by atoms with Crippen molar-refractivity contribution in [3.05, 3.63) is 29.8 Å². The van der Waals surface area contributed by atoms with Crippen LogP contribution in [-0.4, -0.2) is 62.2 Å². The van der Waals surface area contributed by atoms with Gasteiger partial charge in [-0.1, -0.05) is 12.1 Å². The number of nitrogens with two attached hydrogens (primary N) is 1. The molecule has 1 atom stereocenters. The second-order valence-corrected chi connectivity index (χ2v) is 7.01. The fourth-order valence-corrected chi connectivity index (χ4v) is 4.02. The van der Waals surface area contributed by atoms with Crippen LogP contribution in [0.15, 0.2) is 24.3 Å². The number of carbonyl (C=O) groups is 1. The van der Waals surface area contributed by atoms with E-state index in [1.165, 1.54) is 5.69 Å². The average Bonchev–Trinajstić information content (AvgIpc) is 2.63.